The van der Waals surface area contributed by atoms with Crippen molar-refractivity contribution in [3.8, 4) is 0 Å². The third-order valence-electron chi connectivity index (χ3n) is 4.17. The number of hydrazone groups is 1. The van der Waals surface area contributed by atoms with E-state index in [0.29, 0.717) is 27.5 Å². The van der Waals surface area contributed by atoms with Crippen molar-refractivity contribution in [3.63, 3.8) is 0 Å². The van der Waals surface area contributed by atoms with Crippen molar-refractivity contribution in [2.45, 2.75) is 6.92 Å². The third-order valence-corrected chi connectivity index (χ3v) is 4.50. The first-order valence-electron chi connectivity index (χ1n) is 9.26. The van der Waals surface area contributed by atoms with Gasteiger partial charge >= 0.3 is 0 Å². The average Bonchev–Trinajstić information content (AvgIpc) is 2.77. The highest BCUT2D eigenvalue weighted by Crippen LogP contribution is 2.17. The molecule has 2 N–H and O–H groups in total. The Morgan fingerprint density at radius 2 is 1.53 bits per heavy atom. The number of anilines is 1. The summed E-state index contributed by atoms with van der Waals surface area (Å²) in [5, 5.41) is 7.21. The second-order valence-corrected chi connectivity index (χ2v) is 6.86. The van der Waals surface area contributed by atoms with Gasteiger partial charge in [0.2, 0.25) is 0 Å². The molecule has 0 saturated heterocycles. The van der Waals surface area contributed by atoms with E-state index >= 15 is 0 Å². The Balaban J connectivity index is 1.57. The lowest BCUT2D eigenvalue weighted by Gasteiger charge is -2.07. The minimum atomic E-state index is -0.341. The van der Waals surface area contributed by atoms with Crippen LogP contribution in [0.4, 0.5) is 5.69 Å². The molecule has 0 radical (unpaired) electrons. The summed E-state index contributed by atoms with van der Waals surface area (Å²) in [5.74, 6) is -0.658. The summed E-state index contributed by atoms with van der Waals surface area (Å²) in [4.78, 5) is 24.6. The zero-order valence-corrected chi connectivity index (χ0v) is 17.1. The number of nitrogens with one attached hydrogen (secondary N) is 2. The van der Waals surface area contributed by atoms with E-state index in [1.54, 1.807) is 55.5 Å². The molecular formula is C24H20ClN3O2. The van der Waals surface area contributed by atoms with Gasteiger partial charge in [0.05, 0.1) is 16.3 Å². The summed E-state index contributed by atoms with van der Waals surface area (Å²) in [6.45, 7) is 1.80. The van der Waals surface area contributed by atoms with Crippen LogP contribution in [0.2, 0.25) is 5.02 Å². The predicted octanol–water partition coefficient (Wildman–Crippen LogP) is 5.41. The number of amides is 2. The Kier molecular flexibility index (Phi) is 7.14. The molecule has 3 aromatic carbocycles. The number of allylic oxidation sites excluding steroid dienone is 1. The van der Waals surface area contributed by atoms with Crippen LogP contribution < -0.4 is 10.7 Å². The van der Waals surface area contributed by atoms with Gasteiger partial charge in [-0.05, 0) is 55.0 Å². The lowest BCUT2D eigenvalue weighted by molar-refractivity contribution is 0.0954. The molecule has 30 heavy (non-hydrogen) atoms. The van der Waals surface area contributed by atoms with Gasteiger partial charge in [0.25, 0.3) is 11.8 Å². The first-order chi connectivity index (χ1) is 14.5. The number of hydrogen-bond donors (Lipinski definition) is 2. The highest BCUT2D eigenvalue weighted by Gasteiger charge is 2.10. The number of carbonyl (C=O) groups is 2. The highest BCUT2D eigenvalue weighted by molar-refractivity contribution is 6.34. The van der Waals surface area contributed by atoms with Crippen molar-refractivity contribution in [2.75, 3.05) is 5.32 Å². The van der Waals surface area contributed by atoms with E-state index in [2.05, 4.69) is 15.8 Å². The molecule has 0 fully saturated rings. The van der Waals surface area contributed by atoms with Gasteiger partial charge in [-0.15, -0.1) is 0 Å². The molecule has 0 heterocycles. The standard InChI is InChI=1S/C24H20ClN3O2/c1-17(11-12-18-7-3-2-4-8-18)27-28-23(29)19-13-15-20(16-14-19)26-24(30)21-9-5-6-10-22(21)25/h2-16H,1H3,(H,26,30)(H,28,29). The number of rotatable bonds is 6. The van der Waals surface area contributed by atoms with Crippen molar-refractivity contribution in [1.82, 2.24) is 5.43 Å². The van der Waals surface area contributed by atoms with Crippen molar-refractivity contribution < 1.29 is 9.59 Å². The normalized spacial score (nSPS) is 11.3. The van der Waals surface area contributed by atoms with E-state index in [1.807, 2.05) is 42.5 Å². The largest absolute Gasteiger partial charge is 0.322 e. The van der Waals surface area contributed by atoms with Crippen LogP contribution in [0.3, 0.4) is 0 Å². The molecule has 2 amide bonds. The van der Waals surface area contributed by atoms with Gasteiger partial charge < -0.3 is 5.32 Å². The van der Waals surface area contributed by atoms with E-state index in [9.17, 15) is 9.59 Å². The Labute approximate surface area is 180 Å². The van der Waals surface area contributed by atoms with Gasteiger partial charge in [0, 0.05) is 11.3 Å². The fourth-order valence-electron chi connectivity index (χ4n) is 2.57. The van der Waals surface area contributed by atoms with Gasteiger partial charge in [0.15, 0.2) is 0 Å². The summed E-state index contributed by atoms with van der Waals surface area (Å²) in [7, 11) is 0. The minimum Gasteiger partial charge on any atom is -0.322 e. The van der Waals surface area contributed by atoms with E-state index in [0.717, 1.165) is 5.56 Å². The molecule has 0 aliphatic rings. The lowest BCUT2D eigenvalue weighted by atomic mass is 10.1. The quantitative estimate of drug-likeness (QED) is 0.415. The monoisotopic (exact) mass is 417 g/mol. The summed E-state index contributed by atoms with van der Waals surface area (Å²) in [6, 6.07) is 23.1. The van der Waals surface area contributed by atoms with Gasteiger partial charge in [0.1, 0.15) is 0 Å². The van der Waals surface area contributed by atoms with Crippen molar-refractivity contribution in [3.05, 3.63) is 107 Å². The van der Waals surface area contributed by atoms with Gasteiger partial charge in [-0.1, -0.05) is 60.1 Å². The summed E-state index contributed by atoms with van der Waals surface area (Å²) >= 11 is 6.04. The molecule has 0 bridgehead atoms. The Morgan fingerprint density at radius 3 is 2.23 bits per heavy atom. The van der Waals surface area contributed by atoms with Gasteiger partial charge in [-0.25, -0.2) is 5.43 Å². The fourth-order valence-corrected chi connectivity index (χ4v) is 2.79. The Bertz CT molecular complexity index is 1090. The molecule has 3 rings (SSSR count). The van der Waals surface area contributed by atoms with Gasteiger partial charge in [-0.2, -0.15) is 5.10 Å². The van der Waals surface area contributed by atoms with E-state index < -0.39 is 0 Å². The maximum atomic E-state index is 12.3. The molecule has 0 unspecified atom stereocenters. The lowest BCUT2D eigenvalue weighted by Crippen LogP contribution is -2.19. The first-order valence-corrected chi connectivity index (χ1v) is 9.64. The fraction of sp³-hybridized carbons (Fsp3) is 0.0417. The smallest absolute Gasteiger partial charge is 0.271 e. The molecule has 0 aromatic heterocycles. The zero-order chi connectivity index (χ0) is 21.3. The number of benzene rings is 3. The van der Waals surface area contributed by atoms with Crippen LogP contribution in [-0.2, 0) is 0 Å². The molecular weight excluding hydrogens is 398 g/mol. The minimum absolute atomic E-state index is 0.316. The molecule has 6 heteroatoms. The molecule has 0 atom stereocenters. The zero-order valence-electron chi connectivity index (χ0n) is 16.3. The van der Waals surface area contributed by atoms with Gasteiger partial charge in [-0.3, -0.25) is 9.59 Å². The van der Waals surface area contributed by atoms with Crippen LogP contribution in [-0.4, -0.2) is 17.5 Å². The second-order valence-electron chi connectivity index (χ2n) is 6.45. The molecule has 5 nitrogen and oxygen atoms in total. The van der Waals surface area contributed by atoms with Crippen molar-refractivity contribution in [1.29, 1.82) is 0 Å². The topological polar surface area (TPSA) is 70.6 Å². The van der Waals surface area contributed by atoms with Crippen LogP contribution >= 0.6 is 11.6 Å². The van der Waals surface area contributed by atoms with E-state index in [4.69, 9.17) is 11.6 Å². The third kappa shape index (κ3) is 5.90. The summed E-state index contributed by atoms with van der Waals surface area (Å²) < 4.78 is 0. The Morgan fingerprint density at radius 1 is 0.867 bits per heavy atom. The van der Waals surface area contributed by atoms with E-state index in [-0.39, 0.29) is 11.8 Å². The molecule has 0 spiro atoms. The van der Waals surface area contributed by atoms with Crippen LogP contribution in [0.25, 0.3) is 6.08 Å². The van der Waals surface area contributed by atoms with Crippen LogP contribution in [0, 0.1) is 0 Å². The number of nitrogens with zero attached hydrogens (tertiary/aromatic N) is 1. The molecule has 3 aromatic rings. The molecule has 150 valence electrons. The first kappa shape index (κ1) is 21.0. The second kappa shape index (κ2) is 10.2. The number of carbonyl (C=O) groups excluding carboxylic acids is 2. The number of halogens is 1. The van der Waals surface area contributed by atoms with Crippen LogP contribution in [0.1, 0.15) is 33.2 Å². The number of hydrogen-bond acceptors (Lipinski definition) is 3. The van der Waals surface area contributed by atoms with E-state index in [1.165, 1.54) is 0 Å². The van der Waals surface area contributed by atoms with Crippen molar-refractivity contribution in [2.24, 2.45) is 5.10 Å². The summed E-state index contributed by atoms with van der Waals surface area (Å²) in [6.07, 6.45) is 3.74. The highest BCUT2D eigenvalue weighted by atomic mass is 35.5. The SMILES string of the molecule is CC(C=Cc1ccccc1)=NNC(=O)c1ccc(NC(=O)c2ccccc2Cl)cc1. The maximum absolute atomic E-state index is 12.3. The molecule has 0 aliphatic carbocycles. The van der Waals surface area contributed by atoms with Crippen LogP contribution in [0.15, 0.2) is 90.0 Å². The maximum Gasteiger partial charge on any atom is 0.271 e. The summed E-state index contributed by atoms with van der Waals surface area (Å²) in [5.41, 5.74) is 5.60. The average molecular weight is 418 g/mol. The van der Waals surface area contributed by atoms with Crippen molar-refractivity contribution >= 4 is 40.9 Å². The molecule has 0 saturated carbocycles. The predicted molar refractivity (Wildman–Crippen MR) is 122 cm³/mol. The van der Waals surface area contributed by atoms with Crippen LogP contribution in [0.5, 0.6) is 0 Å². The molecule has 0 aliphatic heterocycles. The Hall–Kier alpha value is -3.70.